The molecule has 0 aliphatic carbocycles. The molecule has 0 fully saturated rings. The number of pyridine rings is 1. The number of fused-ring (bicyclic) bond motifs is 2. The summed E-state index contributed by atoms with van der Waals surface area (Å²) in [5, 5.41) is 17.0. The van der Waals surface area contributed by atoms with E-state index >= 15 is 0 Å². The van der Waals surface area contributed by atoms with E-state index in [0.717, 1.165) is 53.9 Å². The van der Waals surface area contributed by atoms with Gasteiger partial charge in [-0.2, -0.15) is 5.10 Å². The van der Waals surface area contributed by atoms with Gasteiger partial charge in [0.1, 0.15) is 17.3 Å². The van der Waals surface area contributed by atoms with E-state index in [1.807, 2.05) is 37.5 Å². The highest BCUT2D eigenvalue weighted by atomic mass is 16.5. The lowest BCUT2D eigenvalue weighted by Crippen LogP contribution is -2.35. The molecule has 0 spiro atoms. The summed E-state index contributed by atoms with van der Waals surface area (Å²) in [5.41, 5.74) is 2.03. The summed E-state index contributed by atoms with van der Waals surface area (Å²) in [7, 11) is 3.48. The van der Waals surface area contributed by atoms with Gasteiger partial charge in [-0.25, -0.2) is 4.98 Å². The Morgan fingerprint density at radius 1 is 1.23 bits per heavy atom. The Balaban J connectivity index is 1.33. The molecular weight excluding hydrogens is 394 g/mol. The van der Waals surface area contributed by atoms with Crippen molar-refractivity contribution < 1.29 is 9.53 Å². The van der Waals surface area contributed by atoms with Crippen LogP contribution in [0.2, 0.25) is 0 Å². The van der Waals surface area contributed by atoms with Crippen LogP contribution >= 0.6 is 0 Å². The van der Waals surface area contributed by atoms with Gasteiger partial charge in [-0.1, -0.05) is 12.1 Å². The van der Waals surface area contributed by atoms with Crippen molar-refractivity contribution in [1.29, 1.82) is 0 Å². The molecular formula is C22H23N7O2. The molecule has 1 unspecified atom stereocenters. The SMILES string of the molecule is COc1cc(C(=O)NC2CCc3nnc(-c4cnn(C)c4)n3CC2)nc2ccccc12. The minimum atomic E-state index is -0.195. The first kappa shape index (κ1) is 19.2. The maximum atomic E-state index is 13.0. The minimum absolute atomic E-state index is 0.0233. The number of methoxy groups -OCH3 is 1. The molecule has 9 heteroatoms. The van der Waals surface area contributed by atoms with Crippen molar-refractivity contribution >= 4 is 16.8 Å². The van der Waals surface area contributed by atoms with Gasteiger partial charge < -0.3 is 14.6 Å². The van der Waals surface area contributed by atoms with Gasteiger partial charge in [0, 0.05) is 43.7 Å². The zero-order valence-electron chi connectivity index (χ0n) is 17.4. The number of nitrogens with zero attached hydrogens (tertiary/aromatic N) is 6. The molecule has 3 aromatic heterocycles. The summed E-state index contributed by atoms with van der Waals surface area (Å²) < 4.78 is 9.35. The molecule has 1 amide bonds. The normalized spacial score (nSPS) is 16.0. The number of aromatic nitrogens is 6. The number of rotatable bonds is 4. The van der Waals surface area contributed by atoms with E-state index in [2.05, 4.69) is 30.2 Å². The third kappa shape index (κ3) is 3.63. The highest BCUT2D eigenvalue weighted by Crippen LogP contribution is 2.26. The standard InChI is InChI=1S/C22H23N7O2/c1-28-13-14(12-23-28)21-27-26-20-8-7-15(9-10-29(20)21)24-22(30)18-11-19(31-2)16-5-3-4-6-17(16)25-18/h3-6,11-13,15H,7-10H2,1-2H3,(H,24,30). The Morgan fingerprint density at radius 2 is 2.10 bits per heavy atom. The van der Waals surface area contributed by atoms with E-state index in [9.17, 15) is 4.79 Å². The van der Waals surface area contributed by atoms with Gasteiger partial charge in [-0.15, -0.1) is 10.2 Å². The zero-order chi connectivity index (χ0) is 21.4. The average molecular weight is 417 g/mol. The molecule has 9 nitrogen and oxygen atoms in total. The van der Waals surface area contributed by atoms with Crippen LogP contribution in [-0.2, 0) is 20.0 Å². The number of amides is 1. The topological polar surface area (TPSA) is 99.8 Å². The van der Waals surface area contributed by atoms with Crippen LogP contribution in [0.25, 0.3) is 22.3 Å². The average Bonchev–Trinajstić information content (AvgIpc) is 3.34. The third-order valence-corrected chi connectivity index (χ3v) is 5.67. The van der Waals surface area contributed by atoms with Crippen LogP contribution in [0, 0.1) is 0 Å². The van der Waals surface area contributed by atoms with E-state index in [4.69, 9.17) is 4.74 Å². The molecule has 4 aromatic rings. The number of benzene rings is 1. The van der Waals surface area contributed by atoms with Crippen LogP contribution in [-0.4, -0.2) is 48.6 Å². The molecule has 1 aliphatic heterocycles. The van der Waals surface area contributed by atoms with Crippen LogP contribution in [0.4, 0.5) is 0 Å². The van der Waals surface area contributed by atoms with Crippen molar-refractivity contribution in [3.05, 3.63) is 54.2 Å². The number of hydrogen-bond acceptors (Lipinski definition) is 6. The van der Waals surface area contributed by atoms with Gasteiger partial charge in [-0.3, -0.25) is 9.48 Å². The first-order chi connectivity index (χ1) is 15.1. The molecule has 0 saturated heterocycles. The fraction of sp³-hybridized carbons (Fsp3) is 0.318. The Hall–Kier alpha value is -3.75. The molecule has 5 rings (SSSR count). The largest absolute Gasteiger partial charge is 0.496 e. The Morgan fingerprint density at radius 3 is 2.90 bits per heavy atom. The Labute approximate surface area is 179 Å². The highest BCUT2D eigenvalue weighted by Gasteiger charge is 2.23. The van der Waals surface area contributed by atoms with Gasteiger partial charge in [0.2, 0.25) is 0 Å². The lowest BCUT2D eigenvalue weighted by Gasteiger charge is -2.16. The van der Waals surface area contributed by atoms with Gasteiger partial charge in [-0.05, 0) is 25.0 Å². The molecule has 1 N–H and O–H groups in total. The molecule has 0 saturated carbocycles. The van der Waals surface area contributed by atoms with E-state index in [0.29, 0.717) is 11.4 Å². The molecule has 31 heavy (non-hydrogen) atoms. The van der Waals surface area contributed by atoms with Crippen LogP contribution in [0.1, 0.15) is 29.2 Å². The Kier molecular flexibility index (Phi) is 4.85. The quantitative estimate of drug-likeness (QED) is 0.547. The van der Waals surface area contributed by atoms with E-state index < -0.39 is 0 Å². The molecule has 1 aliphatic rings. The molecule has 1 atom stereocenters. The number of para-hydroxylation sites is 1. The van der Waals surface area contributed by atoms with Crippen LogP contribution < -0.4 is 10.1 Å². The van der Waals surface area contributed by atoms with Crippen LogP contribution in [0.5, 0.6) is 5.75 Å². The fourth-order valence-corrected chi connectivity index (χ4v) is 4.07. The molecule has 158 valence electrons. The maximum Gasteiger partial charge on any atom is 0.270 e. The molecule has 1 aromatic carbocycles. The van der Waals surface area contributed by atoms with Crippen molar-refractivity contribution in [2.75, 3.05) is 7.11 Å². The second-order valence-electron chi connectivity index (χ2n) is 7.72. The smallest absolute Gasteiger partial charge is 0.270 e. The molecule has 4 heterocycles. The lowest BCUT2D eigenvalue weighted by atomic mass is 10.1. The minimum Gasteiger partial charge on any atom is -0.496 e. The summed E-state index contributed by atoms with van der Waals surface area (Å²) in [6, 6.07) is 9.36. The lowest BCUT2D eigenvalue weighted by molar-refractivity contribution is 0.0928. The van der Waals surface area contributed by atoms with Crippen LogP contribution in [0.3, 0.4) is 0 Å². The second kappa shape index (κ2) is 7.82. The van der Waals surface area contributed by atoms with Gasteiger partial charge in [0.15, 0.2) is 5.82 Å². The summed E-state index contributed by atoms with van der Waals surface area (Å²) >= 11 is 0. The van der Waals surface area contributed by atoms with Crippen LogP contribution in [0.15, 0.2) is 42.7 Å². The number of hydrogen-bond donors (Lipinski definition) is 1. The molecule has 0 radical (unpaired) electrons. The van der Waals surface area contributed by atoms with Gasteiger partial charge in [0.05, 0.1) is 24.4 Å². The van der Waals surface area contributed by atoms with E-state index in [1.165, 1.54) is 0 Å². The maximum absolute atomic E-state index is 13.0. The fourth-order valence-electron chi connectivity index (χ4n) is 4.07. The van der Waals surface area contributed by atoms with Crippen molar-refractivity contribution in [3.63, 3.8) is 0 Å². The first-order valence-corrected chi connectivity index (χ1v) is 10.3. The number of carbonyl (C=O) groups is 1. The summed E-state index contributed by atoms with van der Waals surface area (Å²) in [4.78, 5) is 17.5. The molecule has 0 bridgehead atoms. The van der Waals surface area contributed by atoms with Crippen molar-refractivity contribution in [3.8, 4) is 17.1 Å². The highest BCUT2D eigenvalue weighted by molar-refractivity contribution is 5.97. The monoisotopic (exact) mass is 417 g/mol. The predicted molar refractivity (Wildman–Crippen MR) is 115 cm³/mol. The summed E-state index contributed by atoms with van der Waals surface area (Å²) in [6.07, 6.45) is 6.05. The van der Waals surface area contributed by atoms with Crippen molar-refractivity contribution in [1.82, 2.24) is 34.8 Å². The second-order valence-corrected chi connectivity index (χ2v) is 7.72. The summed E-state index contributed by atoms with van der Waals surface area (Å²) in [5.74, 6) is 2.19. The van der Waals surface area contributed by atoms with Gasteiger partial charge >= 0.3 is 0 Å². The van der Waals surface area contributed by atoms with Crippen molar-refractivity contribution in [2.45, 2.75) is 31.8 Å². The number of carbonyl (C=O) groups excluding carboxylic acids is 1. The Bertz CT molecular complexity index is 1260. The first-order valence-electron chi connectivity index (χ1n) is 10.3. The number of ether oxygens (including phenoxy) is 1. The zero-order valence-corrected chi connectivity index (χ0v) is 17.4. The van der Waals surface area contributed by atoms with Crippen molar-refractivity contribution in [2.24, 2.45) is 7.05 Å². The van der Waals surface area contributed by atoms with E-state index in [-0.39, 0.29) is 11.9 Å². The number of nitrogens with one attached hydrogen (secondary N) is 1. The number of aryl methyl sites for hydroxylation is 2. The van der Waals surface area contributed by atoms with E-state index in [1.54, 1.807) is 24.1 Å². The summed E-state index contributed by atoms with van der Waals surface area (Å²) in [6.45, 7) is 0.728. The third-order valence-electron chi connectivity index (χ3n) is 5.67. The predicted octanol–water partition coefficient (Wildman–Crippen LogP) is 2.37. The van der Waals surface area contributed by atoms with Gasteiger partial charge in [0.25, 0.3) is 5.91 Å².